The smallest absolute Gasteiger partial charge is 0.465 e. The van der Waals surface area contributed by atoms with Crippen LogP contribution in [-0.2, 0) is 22.8 Å². The molecule has 0 radical (unpaired) electrons. The first kappa shape index (κ1) is 44.3. The van der Waals surface area contributed by atoms with Crippen molar-refractivity contribution in [3.63, 3.8) is 0 Å². The Balaban J connectivity index is 5.48. The third-order valence-electron chi connectivity index (χ3n) is 6.78. The van der Waals surface area contributed by atoms with Crippen molar-refractivity contribution >= 4 is 14.8 Å². The molecular weight excluding hydrogens is 709 g/mol. The van der Waals surface area contributed by atoms with Gasteiger partial charge < -0.3 is 22.5 Å². The molecule has 6 nitrogen and oxygen atoms in total. The first-order valence-electron chi connectivity index (χ1n) is 12.6. The maximum atomic E-state index is 14.0. The zero-order chi connectivity index (χ0) is 37.1. The molecule has 0 aromatic heterocycles. The van der Waals surface area contributed by atoms with Crippen molar-refractivity contribution in [1.29, 1.82) is 0 Å². The van der Waals surface area contributed by atoms with Crippen LogP contribution in [0.2, 0.25) is 6.04 Å². The lowest BCUT2D eigenvalue weighted by atomic mass is 9.88. The molecule has 0 saturated heterocycles. The van der Waals surface area contributed by atoms with Crippen molar-refractivity contribution in [2.45, 2.75) is 79.4 Å². The summed E-state index contributed by atoms with van der Waals surface area (Å²) in [4.78, 5) is 11.7. The molecule has 0 aromatic carbocycles. The second-order valence-electron chi connectivity index (χ2n) is 10.5. The summed E-state index contributed by atoms with van der Waals surface area (Å²) < 4.78 is 247. The number of halogens is 17. The molecule has 0 saturated carbocycles. The molecule has 0 bridgehead atoms. The number of rotatable bonds is 20. The molecule has 0 aliphatic rings. The average Bonchev–Trinajstić information content (AvgIpc) is 2.91. The van der Waals surface area contributed by atoms with Crippen molar-refractivity contribution < 1.29 is 102 Å². The molecule has 0 spiro atoms. The van der Waals surface area contributed by atoms with Gasteiger partial charge in [0.1, 0.15) is 0 Å². The summed E-state index contributed by atoms with van der Waals surface area (Å²) in [7, 11) is 4.69. The molecule has 24 heteroatoms. The van der Waals surface area contributed by atoms with Crippen molar-refractivity contribution in [1.82, 2.24) is 0 Å². The maximum absolute atomic E-state index is 14.0. The molecule has 0 amide bonds. The van der Waals surface area contributed by atoms with Gasteiger partial charge in [-0.2, -0.15) is 74.6 Å². The molecule has 46 heavy (non-hydrogen) atoms. The van der Waals surface area contributed by atoms with Crippen LogP contribution in [0.1, 0.15) is 25.7 Å². The number of carbonyl (C=O) groups is 1. The highest BCUT2D eigenvalue weighted by Gasteiger charge is 2.95. The first-order valence-corrected chi connectivity index (χ1v) is 14.5. The normalized spacial score (nSPS) is 15.3. The highest BCUT2D eigenvalue weighted by molar-refractivity contribution is 6.60. The standard InChI is InChI=1S/C22H31F17NO5Si/c1-40(2,11-7-13-46(42-3,43-4)44-5)10-6-12-45-14(41)8-9-15(23,24)16(25,26)17(27,28)18(29,30)19(31,32)20(33,34)21(35,36)22(37,38)39/h6-13H2,1-5H3/q+1. The minimum atomic E-state index is -8.70. The highest BCUT2D eigenvalue weighted by atomic mass is 28.4. The number of carbonyl (C=O) groups excluding carboxylic acids is 1. The van der Waals surface area contributed by atoms with Crippen LogP contribution in [0.4, 0.5) is 74.6 Å². The van der Waals surface area contributed by atoms with Crippen LogP contribution in [0.25, 0.3) is 0 Å². The summed E-state index contributed by atoms with van der Waals surface area (Å²) in [6.45, 7) is 0.118. The number of ether oxygens (including phenoxy) is 1. The maximum Gasteiger partial charge on any atom is 0.500 e. The predicted molar refractivity (Wildman–Crippen MR) is 124 cm³/mol. The number of hydrogen-bond acceptors (Lipinski definition) is 5. The van der Waals surface area contributed by atoms with E-state index in [0.717, 1.165) is 0 Å². The zero-order valence-corrected chi connectivity index (χ0v) is 25.6. The monoisotopic (exact) mass is 740 g/mol. The Labute approximate surface area is 252 Å². The van der Waals surface area contributed by atoms with Crippen molar-refractivity contribution in [3.8, 4) is 0 Å². The molecule has 276 valence electrons. The largest absolute Gasteiger partial charge is 0.500 e. The van der Waals surface area contributed by atoms with Crippen LogP contribution in [0.15, 0.2) is 0 Å². The molecule has 0 aromatic rings. The number of alkyl halides is 17. The van der Waals surface area contributed by atoms with Gasteiger partial charge in [-0.3, -0.25) is 4.79 Å². The van der Waals surface area contributed by atoms with Gasteiger partial charge in [-0.05, 0) is 0 Å². The van der Waals surface area contributed by atoms with Gasteiger partial charge in [0.15, 0.2) is 0 Å². The van der Waals surface area contributed by atoms with Gasteiger partial charge in [-0.15, -0.1) is 0 Å². The fourth-order valence-corrected chi connectivity index (χ4v) is 5.46. The Bertz CT molecular complexity index is 996. The van der Waals surface area contributed by atoms with Crippen molar-refractivity contribution in [2.24, 2.45) is 0 Å². The second kappa shape index (κ2) is 14.4. The third kappa shape index (κ3) is 8.48. The van der Waals surface area contributed by atoms with E-state index < -0.39 is 81.9 Å². The van der Waals surface area contributed by atoms with E-state index >= 15 is 0 Å². The average molecular weight is 741 g/mol. The second-order valence-corrected chi connectivity index (χ2v) is 13.6. The van der Waals surface area contributed by atoms with Gasteiger partial charge in [0, 0.05) is 46.6 Å². The summed E-state index contributed by atoms with van der Waals surface area (Å²) in [6, 6.07) is 0.400. The van der Waals surface area contributed by atoms with Gasteiger partial charge in [-0.1, -0.05) is 0 Å². The van der Waals surface area contributed by atoms with Crippen molar-refractivity contribution in [2.75, 3.05) is 55.1 Å². The number of hydrogen-bond donors (Lipinski definition) is 0. The van der Waals surface area contributed by atoms with E-state index in [1.54, 1.807) is 14.1 Å². The third-order valence-corrected chi connectivity index (χ3v) is 9.61. The summed E-state index contributed by atoms with van der Waals surface area (Å²) >= 11 is 0. The Kier molecular flexibility index (Phi) is 13.9. The number of quaternary nitrogens is 1. The Morgan fingerprint density at radius 2 is 0.957 bits per heavy atom. The quantitative estimate of drug-likeness (QED) is 0.0441. The van der Waals surface area contributed by atoms with E-state index in [1.807, 2.05) is 0 Å². The molecule has 0 N–H and O–H groups in total. The van der Waals surface area contributed by atoms with Crippen LogP contribution in [0.5, 0.6) is 0 Å². The fourth-order valence-electron chi connectivity index (χ4n) is 3.75. The van der Waals surface area contributed by atoms with Crippen LogP contribution < -0.4 is 0 Å². The molecule has 0 fully saturated rings. The lowest BCUT2D eigenvalue weighted by Gasteiger charge is -2.42. The van der Waals surface area contributed by atoms with Gasteiger partial charge >= 0.3 is 62.4 Å². The van der Waals surface area contributed by atoms with E-state index in [-0.39, 0.29) is 17.4 Å². The van der Waals surface area contributed by atoms with Crippen molar-refractivity contribution in [3.05, 3.63) is 0 Å². The summed E-state index contributed by atoms with van der Waals surface area (Å²) in [5.74, 6) is -58.8. The Hall–Kier alpha value is -1.66. The van der Waals surface area contributed by atoms with E-state index in [1.165, 1.54) is 21.3 Å². The van der Waals surface area contributed by atoms with E-state index in [4.69, 9.17) is 13.3 Å². The predicted octanol–water partition coefficient (Wildman–Crippen LogP) is 7.05. The zero-order valence-electron chi connectivity index (χ0n) is 24.6. The highest BCUT2D eigenvalue weighted by Crippen LogP contribution is 2.64. The van der Waals surface area contributed by atoms with Gasteiger partial charge in [0.05, 0.1) is 40.2 Å². The molecular formula is C22H31F17NO5Si+. The van der Waals surface area contributed by atoms with Gasteiger partial charge in [0.25, 0.3) is 0 Å². The van der Waals surface area contributed by atoms with Crippen LogP contribution in [0, 0.1) is 0 Å². The summed E-state index contributed by atoms with van der Waals surface area (Å²) in [5, 5.41) is 0. The summed E-state index contributed by atoms with van der Waals surface area (Å²) in [5.41, 5.74) is 0. The molecule has 0 aliphatic carbocycles. The number of esters is 1. The molecule has 0 heterocycles. The Morgan fingerprint density at radius 1 is 0.587 bits per heavy atom. The minimum Gasteiger partial charge on any atom is -0.465 e. The topological polar surface area (TPSA) is 54.0 Å². The number of nitrogens with zero attached hydrogens (tertiary/aromatic N) is 1. The molecule has 0 atom stereocenters. The van der Waals surface area contributed by atoms with Crippen LogP contribution in [0.3, 0.4) is 0 Å². The van der Waals surface area contributed by atoms with Gasteiger partial charge in [-0.25, -0.2) is 0 Å². The van der Waals surface area contributed by atoms with Crippen LogP contribution >= 0.6 is 0 Å². The van der Waals surface area contributed by atoms with E-state index in [9.17, 15) is 79.4 Å². The lowest BCUT2D eigenvalue weighted by molar-refractivity contribution is -0.890. The molecule has 0 aliphatic heterocycles. The first-order chi connectivity index (χ1) is 20.2. The van der Waals surface area contributed by atoms with Gasteiger partial charge in [0.2, 0.25) is 0 Å². The Morgan fingerprint density at radius 3 is 1.35 bits per heavy atom. The lowest BCUT2D eigenvalue weighted by Crippen LogP contribution is -2.74. The van der Waals surface area contributed by atoms with Crippen LogP contribution in [-0.4, -0.2) is 122 Å². The summed E-state index contributed by atoms with van der Waals surface area (Å²) in [6.07, 6.45) is -12.2. The SMILES string of the molecule is CO[Si](CCC[N+](C)(C)CCCOC(=O)CCC(F)(F)C(F)(F)C(F)(F)C(F)(F)C(F)(F)C(F)(F)C(F)(F)C(F)(F)F)(OC)OC. The molecule has 0 unspecified atom stereocenters. The molecule has 0 rings (SSSR count). The minimum absolute atomic E-state index is 0.0111. The van der Waals surface area contributed by atoms with E-state index in [0.29, 0.717) is 19.0 Å². The fraction of sp³-hybridized carbons (Fsp3) is 0.955. The van der Waals surface area contributed by atoms with E-state index in [2.05, 4.69) is 4.74 Å².